The molecule has 0 amide bonds. The largest absolute Gasteiger partial charge is 0.489 e. The zero-order valence-electron chi connectivity index (χ0n) is 11.9. The van der Waals surface area contributed by atoms with Crippen LogP contribution >= 0.6 is 22.6 Å². The van der Waals surface area contributed by atoms with E-state index in [1.165, 1.54) is 3.57 Å². The second kappa shape index (κ2) is 5.55. The van der Waals surface area contributed by atoms with Gasteiger partial charge in [0.25, 0.3) is 0 Å². The minimum Gasteiger partial charge on any atom is -0.489 e. The first kappa shape index (κ1) is 14.2. The molecule has 0 atom stereocenters. The Kier molecular flexibility index (Phi) is 3.75. The number of halogens is 1. The maximum Gasteiger partial charge on any atom is 0.206 e. The molecule has 21 heavy (non-hydrogen) atoms. The fourth-order valence-corrected chi connectivity index (χ4v) is 2.66. The lowest BCUT2D eigenvalue weighted by Crippen LogP contribution is -2.05. The molecule has 1 heterocycles. The molecule has 0 aliphatic rings. The number of hydrogen-bond donors (Lipinski definition) is 1. The molecule has 2 N–H and O–H groups in total. The number of imidazole rings is 1. The van der Waals surface area contributed by atoms with E-state index in [4.69, 9.17) is 10.5 Å². The van der Waals surface area contributed by atoms with Gasteiger partial charge in [-0.05, 0) is 72.8 Å². The van der Waals surface area contributed by atoms with Gasteiger partial charge in [0, 0.05) is 9.26 Å². The van der Waals surface area contributed by atoms with Crippen molar-refractivity contribution in [3.8, 4) is 11.4 Å². The average Bonchev–Trinajstić information content (AvgIpc) is 2.77. The first-order chi connectivity index (χ1) is 10.1. The summed E-state index contributed by atoms with van der Waals surface area (Å²) in [6.45, 7) is 4.00. The van der Waals surface area contributed by atoms with Crippen LogP contribution in [0.15, 0.2) is 42.5 Å². The standard InChI is InChI=1S/C16H16IN3O/c1-10(2)21-14-5-3-4-13-15(14)19-16(18)20(13)12-8-6-11(17)7-9-12/h3-10H,1-2H3,(H2,18,19). The number of anilines is 1. The van der Waals surface area contributed by atoms with E-state index in [1.807, 2.05) is 48.7 Å². The van der Waals surface area contributed by atoms with E-state index >= 15 is 0 Å². The van der Waals surface area contributed by atoms with Crippen LogP contribution in [-0.4, -0.2) is 15.7 Å². The number of ether oxygens (including phenoxy) is 1. The lowest BCUT2D eigenvalue weighted by Gasteiger charge is -2.10. The van der Waals surface area contributed by atoms with Gasteiger partial charge in [0.1, 0.15) is 11.3 Å². The number of aromatic nitrogens is 2. The van der Waals surface area contributed by atoms with Crippen molar-refractivity contribution in [1.82, 2.24) is 9.55 Å². The molecule has 3 aromatic rings. The van der Waals surface area contributed by atoms with Crippen molar-refractivity contribution in [1.29, 1.82) is 0 Å². The van der Waals surface area contributed by atoms with E-state index in [9.17, 15) is 0 Å². The third kappa shape index (κ3) is 2.70. The van der Waals surface area contributed by atoms with Crippen LogP contribution in [0.4, 0.5) is 5.95 Å². The predicted octanol–water partition coefficient (Wildman–Crippen LogP) is 4.00. The summed E-state index contributed by atoms with van der Waals surface area (Å²) < 4.78 is 8.94. The van der Waals surface area contributed by atoms with E-state index in [0.717, 1.165) is 22.5 Å². The Labute approximate surface area is 137 Å². The van der Waals surface area contributed by atoms with E-state index in [2.05, 4.69) is 39.7 Å². The zero-order chi connectivity index (χ0) is 15.0. The van der Waals surface area contributed by atoms with Crippen LogP contribution in [0.1, 0.15) is 13.8 Å². The van der Waals surface area contributed by atoms with E-state index < -0.39 is 0 Å². The average molecular weight is 393 g/mol. The summed E-state index contributed by atoms with van der Waals surface area (Å²) in [5.74, 6) is 1.23. The van der Waals surface area contributed by atoms with Crippen LogP contribution in [-0.2, 0) is 0 Å². The van der Waals surface area contributed by atoms with E-state index in [-0.39, 0.29) is 6.10 Å². The highest BCUT2D eigenvalue weighted by atomic mass is 127. The molecule has 0 unspecified atom stereocenters. The molecule has 0 saturated heterocycles. The Hall–Kier alpha value is -1.76. The Morgan fingerprint density at radius 2 is 1.86 bits per heavy atom. The summed E-state index contributed by atoms with van der Waals surface area (Å²) in [5.41, 5.74) is 8.86. The summed E-state index contributed by atoms with van der Waals surface area (Å²) in [5, 5.41) is 0. The molecule has 0 aliphatic carbocycles. The highest BCUT2D eigenvalue weighted by Gasteiger charge is 2.14. The van der Waals surface area contributed by atoms with Gasteiger partial charge in [-0.15, -0.1) is 0 Å². The minimum atomic E-state index is 0.0975. The zero-order valence-corrected chi connectivity index (χ0v) is 14.0. The topological polar surface area (TPSA) is 53.1 Å². The third-order valence-corrected chi connectivity index (χ3v) is 3.84. The number of nitrogen functional groups attached to an aromatic ring is 1. The highest BCUT2D eigenvalue weighted by Crippen LogP contribution is 2.30. The van der Waals surface area contributed by atoms with Gasteiger partial charge in [0.05, 0.1) is 11.6 Å². The summed E-state index contributed by atoms with van der Waals surface area (Å²) >= 11 is 2.28. The van der Waals surface area contributed by atoms with Crippen LogP contribution in [0.5, 0.6) is 5.75 Å². The first-order valence-electron chi connectivity index (χ1n) is 6.76. The van der Waals surface area contributed by atoms with Gasteiger partial charge in [0.15, 0.2) is 0 Å². The quantitative estimate of drug-likeness (QED) is 0.685. The Morgan fingerprint density at radius 1 is 1.14 bits per heavy atom. The smallest absolute Gasteiger partial charge is 0.206 e. The number of hydrogen-bond acceptors (Lipinski definition) is 3. The lowest BCUT2D eigenvalue weighted by atomic mass is 10.2. The molecule has 2 aromatic carbocycles. The molecule has 0 fully saturated rings. The number of benzene rings is 2. The molecule has 0 spiro atoms. The van der Waals surface area contributed by atoms with Crippen molar-refractivity contribution < 1.29 is 4.74 Å². The van der Waals surface area contributed by atoms with Crippen LogP contribution < -0.4 is 10.5 Å². The van der Waals surface area contributed by atoms with Crippen molar-refractivity contribution in [2.24, 2.45) is 0 Å². The van der Waals surface area contributed by atoms with Gasteiger partial charge < -0.3 is 10.5 Å². The highest BCUT2D eigenvalue weighted by molar-refractivity contribution is 14.1. The SMILES string of the molecule is CC(C)Oc1cccc2c1nc(N)n2-c1ccc(I)cc1. The molecule has 108 valence electrons. The second-order valence-electron chi connectivity index (χ2n) is 5.07. The molecular weight excluding hydrogens is 377 g/mol. The van der Waals surface area contributed by atoms with E-state index in [1.54, 1.807) is 0 Å². The first-order valence-corrected chi connectivity index (χ1v) is 7.83. The van der Waals surface area contributed by atoms with Gasteiger partial charge in [-0.3, -0.25) is 4.57 Å². The maximum absolute atomic E-state index is 6.12. The van der Waals surface area contributed by atoms with Crippen molar-refractivity contribution >= 4 is 39.6 Å². The molecule has 1 aromatic heterocycles. The van der Waals surface area contributed by atoms with Gasteiger partial charge in [-0.2, -0.15) is 0 Å². The van der Waals surface area contributed by atoms with Crippen molar-refractivity contribution in [2.75, 3.05) is 5.73 Å². The van der Waals surface area contributed by atoms with Crippen molar-refractivity contribution in [3.63, 3.8) is 0 Å². The molecule has 5 heteroatoms. The van der Waals surface area contributed by atoms with Gasteiger partial charge in [-0.1, -0.05) is 6.07 Å². The number of para-hydroxylation sites is 1. The molecule has 0 saturated carbocycles. The molecule has 3 rings (SSSR count). The lowest BCUT2D eigenvalue weighted by molar-refractivity contribution is 0.245. The van der Waals surface area contributed by atoms with Gasteiger partial charge >= 0.3 is 0 Å². The van der Waals surface area contributed by atoms with Gasteiger partial charge in [0.2, 0.25) is 5.95 Å². The summed E-state index contributed by atoms with van der Waals surface area (Å²) in [4.78, 5) is 4.48. The normalized spacial score (nSPS) is 11.2. The summed E-state index contributed by atoms with van der Waals surface area (Å²) in [6.07, 6.45) is 0.0975. The van der Waals surface area contributed by atoms with Crippen molar-refractivity contribution in [2.45, 2.75) is 20.0 Å². The fourth-order valence-electron chi connectivity index (χ4n) is 2.30. The number of nitrogens with two attached hydrogens (primary N) is 1. The van der Waals surface area contributed by atoms with Crippen LogP contribution in [0.2, 0.25) is 0 Å². The number of rotatable bonds is 3. The maximum atomic E-state index is 6.12. The Balaban J connectivity index is 2.20. The van der Waals surface area contributed by atoms with Crippen molar-refractivity contribution in [3.05, 3.63) is 46.0 Å². The summed E-state index contributed by atoms with van der Waals surface area (Å²) in [7, 11) is 0. The molecule has 4 nitrogen and oxygen atoms in total. The summed E-state index contributed by atoms with van der Waals surface area (Å²) in [6, 6.07) is 14.1. The Bertz CT molecular complexity index is 778. The number of nitrogens with zero attached hydrogens (tertiary/aromatic N) is 2. The fraction of sp³-hybridized carbons (Fsp3) is 0.188. The minimum absolute atomic E-state index is 0.0975. The second-order valence-corrected chi connectivity index (χ2v) is 6.32. The molecule has 0 aliphatic heterocycles. The monoisotopic (exact) mass is 393 g/mol. The molecule has 0 radical (unpaired) electrons. The van der Waals surface area contributed by atoms with E-state index in [0.29, 0.717) is 5.95 Å². The Morgan fingerprint density at radius 3 is 2.52 bits per heavy atom. The third-order valence-electron chi connectivity index (χ3n) is 3.12. The number of fused-ring (bicyclic) bond motifs is 1. The molecular formula is C16H16IN3O. The molecule has 0 bridgehead atoms. The van der Waals surface area contributed by atoms with Crippen LogP contribution in [0.3, 0.4) is 0 Å². The van der Waals surface area contributed by atoms with Gasteiger partial charge in [-0.25, -0.2) is 4.98 Å². The van der Waals surface area contributed by atoms with Crippen LogP contribution in [0.25, 0.3) is 16.7 Å². The predicted molar refractivity (Wildman–Crippen MR) is 94.0 cm³/mol. The van der Waals surface area contributed by atoms with Crippen LogP contribution in [0, 0.1) is 3.57 Å².